The van der Waals surface area contributed by atoms with E-state index in [1.807, 2.05) is 31.2 Å². The number of benzene rings is 1. The minimum atomic E-state index is 0.609. The molecule has 1 aliphatic rings. The van der Waals surface area contributed by atoms with Crippen LogP contribution < -0.4 is 9.54 Å². The van der Waals surface area contributed by atoms with Crippen LogP contribution in [-0.2, 0) is 0 Å². The molecule has 0 aliphatic heterocycles. The molecule has 0 N–H and O–H groups in total. The number of nitrogens with zero attached hydrogens (tertiary/aromatic N) is 2. The Labute approximate surface area is 136 Å². The van der Waals surface area contributed by atoms with Gasteiger partial charge in [-0.25, -0.2) is 4.99 Å². The molecule has 0 spiro atoms. The molecule has 0 unspecified atom stereocenters. The first-order valence-corrected chi connectivity index (χ1v) is 9.10. The van der Waals surface area contributed by atoms with Crippen LogP contribution in [0.5, 0.6) is 5.75 Å². The first-order valence-electron chi connectivity index (χ1n) is 8.22. The van der Waals surface area contributed by atoms with Gasteiger partial charge in [-0.2, -0.15) is 0 Å². The summed E-state index contributed by atoms with van der Waals surface area (Å²) in [7, 11) is 0. The number of hydrogen-bond donors (Lipinski definition) is 0. The van der Waals surface area contributed by atoms with Crippen molar-refractivity contribution in [2.45, 2.75) is 52.0 Å². The van der Waals surface area contributed by atoms with Crippen molar-refractivity contribution in [1.82, 2.24) is 4.57 Å². The number of hydrogen-bond acceptors (Lipinski definition) is 3. The fourth-order valence-corrected chi connectivity index (χ4v) is 4.14. The number of para-hydroxylation sites is 2. The van der Waals surface area contributed by atoms with Gasteiger partial charge in [0.2, 0.25) is 0 Å². The maximum Gasteiger partial charge on any atom is 0.190 e. The van der Waals surface area contributed by atoms with Crippen LogP contribution in [-0.4, -0.2) is 11.2 Å². The number of thiazole rings is 1. The van der Waals surface area contributed by atoms with Crippen LogP contribution >= 0.6 is 11.3 Å². The predicted octanol–water partition coefficient (Wildman–Crippen LogP) is 4.99. The van der Waals surface area contributed by atoms with Crippen molar-refractivity contribution in [3.63, 3.8) is 0 Å². The number of aryl methyl sites for hydroxylation is 1. The fourth-order valence-electron chi connectivity index (χ4n) is 3.20. The van der Waals surface area contributed by atoms with Gasteiger partial charge in [-0.1, -0.05) is 31.4 Å². The first-order chi connectivity index (χ1) is 10.8. The highest BCUT2D eigenvalue weighted by molar-refractivity contribution is 7.07. The SMILES string of the molecule is CCOc1ccccc1N=c1scc(C)n1C1CCCCC1. The second kappa shape index (κ2) is 7.14. The molecule has 22 heavy (non-hydrogen) atoms. The maximum atomic E-state index is 5.70. The zero-order valence-corrected chi connectivity index (χ0v) is 14.2. The lowest BCUT2D eigenvalue weighted by Crippen LogP contribution is -2.23. The van der Waals surface area contributed by atoms with Crippen LogP contribution in [0.1, 0.15) is 50.8 Å². The zero-order chi connectivity index (χ0) is 15.4. The molecular weight excluding hydrogens is 292 g/mol. The molecule has 0 amide bonds. The normalized spacial score (nSPS) is 16.9. The van der Waals surface area contributed by atoms with Crippen molar-refractivity contribution in [2.75, 3.05) is 6.61 Å². The summed E-state index contributed by atoms with van der Waals surface area (Å²) in [5.41, 5.74) is 2.25. The lowest BCUT2D eigenvalue weighted by Gasteiger charge is -2.24. The average Bonchev–Trinajstić information content (AvgIpc) is 2.91. The Morgan fingerprint density at radius 2 is 2.00 bits per heavy atom. The maximum absolute atomic E-state index is 5.70. The molecule has 4 heteroatoms. The van der Waals surface area contributed by atoms with Crippen LogP contribution in [0.15, 0.2) is 34.6 Å². The predicted molar refractivity (Wildman–Crippen MR) is 92.0 cm³/mol. The minimum Gasteiger partial charge on any atom is -0.492 e. The van der Waals surface area contributed by atoms with Gasteiger partial charge in [-0.05, 0) is 38.8 Å². The Morgan fingerprint density at radius 3 is 2.77 bits per heavy atom. The highest BCUT2D eigenvalue weighted by atomic mass is 32.1. The smallest absolute Gasteiger partial charge is 0.190 e. The lowest BCUT2D eigenvalue weighted by atomic mass is 9.95. The molecule has 1 fully saturated rings. The summed E-state index contributed by atoms with van der Waals surface area (Å²) in [6.45, 7) is 4.87. The third-order valence-electron chi connectivity index (χ3n) is 4.24. The molecule has 1 aromatic carbocycles. The molecule has 3 nitrogen and oxygen atoms in total. The molecule has 1 aliphatic carbocycles. The summed E-state index contributed by atoms with van der Waals surface area (Å²) in [5.74, 6) is 0.867. The van der Waals surface area contributed by atoms with E-state index >= 15 is 0 Å². The van der Waals surface area contributed by atoms with E-state index in [0.29, 0.717) is 12.6 Å². The van der Waals surface area contributed by atoms with Gasteiger partial charge in [0.15, 0.2) is 4.80 Å². The zero-order valence-electron chi connectivity index (χ0n) is 13.4. The standard InChI is InChI=1S/C18H24N2OS/c1-3-21-17-12-8-7-11-16(17)19-18-20(14(2)13-22-18)15-9-5-4-6-10-15/h7-8,11-13,15H,3-6,9-10H2,1-2H3. The van der Waals surface area contributed by atoms with Crippen LogP contribution in [0.3, 0.4) is 0 Å². The second-order valence-corrected chi connectivity index (χ2v) is 6.67. The van der Waals surface area contributed by atoms with Gasteiger partial charge in [0.25, 0.3) is 0 Å². The van der Waals surface area contributed by atoms with E-state index in [2.05, 4.69) is 16.9 Å². The van der Waals surface area contributed by atoms with Gasteiger partial charge in [-0.3, -0.25) is 0 Å². The van der Waals surface area contributed by atoms with Crippen LogP contribution in [0, 0.1) is 6.92 Å². The van der Waals surface area contributed by atoms with E-state index in [4.69, 9.17) is 9.73 Å². The topological polar surface area (TPSA) is 26.5 Å². The van der Waals surface area contributed by atoms with Gasteiger partial charge in [0.1, 0.15) is 11.4 Å². The molecule has 0 bridgehead atoms. The van der Waals surface area contributed by atoms with Gasteiger partial charge in [0.05, 0.1) is 6.61 Å². The van der Waals surface area contributed by atoms with Crippen LogP contribution in [0.4, 0.5) is 5.69 Å². The molecule has 1 heterocycles. The highest BCUT2D eigenvalue weighted by Crippen LogP contribution is 2.30. The molecule has 0 atom stereocenters. The largest absolute Gasteiger partial charge is 0.492 e. The Bertz CT molecular complexity index is 680. The quantitative estimate of drug-likeness (QED) is 0.780. The first kappa shape index (κ1) is 15.3. The summed E-state index contributed by atoms with van der Waals surface area (Å²) in [6.07, 6.45) is 6.60. The molecule has 1 aromatic heterocycles. The Kier molecular flexibility index (Phi) is 4.98. The molecule has 0 radical (unpaired) electrons. The Morgan fingerprint density at radius 1 is 1.23 bits per heavy atom. The van der Waals surface area contributed by atoms with E-state index in [9.17, 15) is 0 Å². The molecular formula is C18H24N2OS. The fraction of sp³-hybridized carbons (Fsp3) is 0.500. The summed E-state index contributed by atoms with van der Waals surface area (Å²) in [6, 6.07) is 8.66. The van der Waals surface area contributed by atoms with Crippen molar-refractivity contribution in [3.8, 4) is 5.75 Å². The van der Waals surface area contributed by atoms with Gasteiger partial charge in [-0.15, -0.1) is 11.3 Å². The van der Waals surface area contributed by atoms with E-state index in [0.717, 1.165) is 16.2 Å². The monoisotopic (exact) mass is 316 g/mol. The Balaban J connectivity index is 2.01. The molecule has 3 rings (SSSR count). The molecule has 1 saturated carbocycles. The van der Waals surface area contributed by atoms with Crippen LogP contribution in [0.25, 0.3) is 0 Å². The minimum absolute atomic E-state index is 0.609. The van der Waals surface area contributed by atoms with Gasteiger partial charge < -0.3 is 9.30 Å². The van der Waals surface area contributed by atoms with Gasteiger partial charge in [0, 0.05) is 17.1 Å². The van der Waals surface area contributed by atoms with Crippen LogP contribution in [0.2, 0.25) is 0 Å². The van der Waals surface area contributed by atoms with Crippen molar-refractivity contribution in [1.29, 1.82) is 0 Å². The van der Waals surface area contributed by atoms with E-state index < -0.39 is 0 Å². The van der Waals surface area contributed by atoms with E-state index in [1.165, 1.54) is 37.8 Å². The molecule has 0 saturated heterocycles. The average molecular weight is 316 g/mol. The van der Waals surface area contributed by atoms with E-state index in [-0.39, 0.29) is 0 Å². The van der Waals surface area contributed by atoms with Crippen molar-refractivity contribution >= 4 is 17.0 Å². The molecule has 118 valence electrons. The highest BCUT2D eigenvalue weighted by Gasteiger charge is 2.18. The van der Waals surface area contributed by atoms with Crippen molar-refractivity contribution in [2.24, 2.45) is 4.99 Å². The summed E-state index contributed by atoms with van der Waals surface area (Å²) in [5, 5.41) is 2.22. The third kappa shape index (κ3) is 3.27. The Hall–Kier alpha value is -1.55. The number of rotatable bonds is 4. The van der Waals surface area contributed by atoms with Crippen molar-refractivity contribution in [3.05, 3.63) is 40.1 Å². The number of ether oxygens (including phenoxy) is 1. The summed E-state index contributed by atoms with van der Waals surface area (Å²) >= 11 is 1.73. The lowest BCUT2D eigenvalue weighted by molar-refractivity contribution is 0.339. The van der Waals surface area contributed by atoms with Crippen molar-refractivity contribution < 1.29 is 4.74 Å². The number of aromatic nitrogens is 1. The second-order valence-electron chi connectivity index (χ2n) is 5.83. The third-order valence-corrected chi connectivity index (χ3v) is 5.20. The van der Waals surface area contributed by atoms with Gasteiger partial charge >= 0.3 is 0 Å². The molecule has 2 aromatic rings. The van der Waals surface area contributed by atoms with E-state index in [1.54, 1.807) is 11.3 Å². The summed E-state index contributed by atoms with van der Waals surface area (Å²) < 4.78 is 8.14. The summed E-state index contributed by atoms with van der Waals surface area (Å²) in [4.78, 5) is 6.01.